The van der Waals surface area contributed by atoms with Crippen LogP contribution in [0.2, 0.25) is 0 Å². The minimum atomic E-state index is -0.424. The fourth-order valence-corrected chi connectivity index (χ4v) is 1.81. The smallest absolute Gasteiger partial charge is 0.319 e. The molecule has 1 N–H and O–H groups in total. The van der Waals surface area contributed by atoms with Crippen LogP contribution in [0.3, 0.4) is 0 Å². The Hall–Kier alpha value is -1.95. The maximum atomic E-state index is 11.1. The van der Waals surface area contributed by atoms with Crippen molar-refractivity contribution in [1.82, 2.24) is 5.32 Å². The third-order valence-electron chi connectivity index (χ3n) is 2.78. The van der Waals surface area contributed by atoms with Gasteiger partial charge in [0.15, 0.2) is 0 Å². The van der Waals surface area contributed by atoms with Gasteiger partial charge in [-0.25, -0.2) is 0 Å². The number of nitro groups is 1. The van der Waals surface area contributed by atoms with Gasteiger partial charge in [-0.05, 0) is 12.0 Å². The fourth-order valence-electron chi connectivity index (χ4n) is 1.81. The number of ether oxygens (including phenoxy) is 1. The molecule has 1 unspecified atom stereocenters. The van der Waals surface area contributed by atoms with Crippen molar-refractivity contribution in [2.75, 3.05) is 13.7 Å². The highest BCUT2D eigenvalue weighted by Crippen LogP contribution is 2.22. The molecule has 0 fully saturated rings. The molecule has 0 aliphatic rings. The van der Waals surface area contributed by atoms with Crippen molar-refractivity contribution >= 4 is 11.7 Å². The van der Waals surface area contributed by atoms with E-state index in [0.717, 1.165) is 18.4 Å². The SMILES string of the molecule is CCCC(NCC(=O)OC)c1cccc([N+](=O)[O-])c1. The van der Waals surface area contributed by atoms with Gasteiger partial charge in [0.05, 0.1) is 18.6 Å². The molecule has 19 heavy (non-hydrogen) atoms. The molecule has 104 valence electrons. The Kier molecular flexibility index (Phi) is 5.95. The topological polar surface area (TPSA) is 81.5 Å². The van der Waals surface area contributed by atoms with Crippen LogP contribution in [-0.4, -0.2) is 24.5 Å². The number of hydrogen-bond acceptors (Lipinski definition) is 5. The summed E-state index contributed by atoms with van der Waals surface area (Å²) in [6, 6.07) is 6.36. The van der Waals surface area contributed by atoms with Gasteiger partial charge in [0.2, 0.25) is 0 Å². The van der Waals surface area contributed by atoms with Crippen molar-refractivity contribution in [1.29, 1.82) is 0 Å². The number of nitrogens with zero attached hydrogens (tertiary/aromatic N) is 1. The zero-order valence-electron chi connectivity index (χ0n) is 11.1. The number of nitro benzene ring substituents is 1. The van der Waals surface area contributed by atoms with Crippen LogP contribution in [0.15, 0.2) is 24.3 Å². The lowest BCUT2D eigenvalue weighted by atomic mass is 10.0. The molecule has 1 aromatic rings. The lowest BCUT2D eigenvalue weighted by molar-refractivity contribution is -0.384. The number of benzene rings is 1. The second-order valence-corrected chi connectivity index (χ2v) is 4.15. The summed E-state index contributed by atoms with van der Waals surface area (Å²) in [7, 11) is 1.33. The Balaban J connectivity index is 2.82. The van der Waals surface area contributed by atoms with Gasteiger partial charge in [0.25, 0.3) is 5.69 Å². The summed E-state index contributed by atoms with van der Waals surface area (Å²) in [6.07, 6.45) is 1.69. The van der Waals surface area contributed by atoms with Crippen molar-refractivity contribution in [2.45, 2.75) is 25.8 Å². The van der Waals surface area contributed by atoms with E-state index in [1.54, 1.807) is 6.07 Å². The van der Waals surface area contributed by atoms with Gasteiger partial charge in [-0.3, -0.25) is 14.9 Å². The molecule has 0 bridgehead atoms. The first kappa shape index (κ1) is 15.1. The van der Waals surface area contributed by atoms with E-state index in [9.17, 15) is 14.9 Å². The Morgan fingerprint density at radius 2 is 2.26 bits per heavy atom. The van der Waals surface area contributed by atoms with E-state index in [2.05, 4.69) is 10.1 Å². The van der Waals surface area contributed by atoms with E-state index >= 15 is 0 Å². The van der Waals surface area contributed by atoms with Gasteiger partial charge in [-0.1, -0.05) is 25.5 Å². The largest absolute Gasteiger partial charge is 0.468 e. The summed E-state index contributed by atoms with van der Waals surface area (Å²) in [4.78, 5) is 21.5. The second-order valence-electron chi connectivity index (χ2n) is 4.15. The molecule has 0 spiro atoms. The van der Waals surface area contributed by atoms with Gasteiger partial charge < -0.3 is 10.1 Å². The first-order chi connectivity index (χ1) is 9.08. The molecule has 1 aromatic carbocycles. The first-order valence-electron chi connectivity index (χ1n) is 6.13. The minimum absolute atomic E-state index is 0.0541. The van der Waals surface area contributed by atoms with E-state index in [-0.39, 0.29) is 24.2 Å². The summed E-state index contributed by atoms with van der Waals surface area (Å²) in [5.41, 5.74) is 0.860. The molecular weight excluding hydrogens is 248 g/mol. The summed E-state index contributed by atoms with van der Waals surface area (Å²) in [5.74, 6) is -0.355. The van der Waals surface area contributed by atoms with Gasteiger partial charge >= 0.3 is 5.97 Å². The first-order valence-corrected chi connectivity index (χ1v) is 6.13. The van der Waals surface area contributed by atoms with E-state index in [4.69, 9.17) is 0 Å². The highest BCUT2D eigenvalue weighted by atomic mass is 16.6. The van der Waals surface area contributed by atoms with Crippen LogP contribution in [0.1, 0.15) is 31.4 Å². The molecule has 0 aromatic heterocycles. The number of esters is 1. The van der Waals surface area contributed by atoms with Crippen molar-refractivity contribution in [3.63, 3.8) is 0 Å². The number of carbonyl (C=O) groups excluding carboxylic acids is 1. The molecule has 0 heterocycles. The molecule has 1 atom stereocenters. The summed E-state index contributed by atoms with van der Waals surface area (Å²) >= 11 is 0. The predicted octanol–water partition coefficient (Wildman–Crippen LogP) is 2.20. The zero-order chi connectivity index (χ0) is 14.3. The van der Waals surface area contributed by atoms with E-state index in [0.29, 0.717) is 0 Å². The Bertz CT molecular complexity index is 448. The van der Waals surface area contributed by atoms with Crippen LogP contribution in [0, 0.1) is 10.1 Å². The molecule has 0 saturated heterocycles. The zero-order valence-corrected chi connectivity index (χ0v) is 11.1. The van der Waals surface area contributed by atoms with Gasteiger partial charge in [0, 0.05) is 18.2 Å². The van der Waals surface area contributed by atoms with Crippen LogP contribution in [0.5, 0.6) is 0 Å². The van der Waals surface area contributed by atoms with Crippen LogP contribution in [-0.2, 0) is 9.53 Å². The molecule has 0 radical (unpaired) electrons. The fraction of sp³-hybridized carbons (Fsp3) is 0.462. The Morgan fingerprint density at radius 3 is 2.84 bits per heavy atom. The number of carbonyl (C=O) groups is 1. The van der Waals surface area contributed by atoms with Gasteiger partial charge in [-0.2, -0.15) is 0 Å². The van der Waals surface area contributed by atoms with Crippen molar-refractivity contribution in [3.8, 4) is 0 Å². The number of hydrogen-bond donors (Lipinski definition) is 1. The summed E-state index contributed by atoms with van der Waals surface area (Å²) in [6.45, 7) is 2.11. The number of nitrogens with one attached hydrogen (secondary N) is 1. The number of rotatable bonds is 7. The lowest BCUT2D eigenvalue weighted by Gasteiger charge is -2.17. The van der Waals surface area contributed by atoms with E-state index in [1.807, 2.05) is 13.0 Å². The maximum Gasteiger partial charge on any atom is 0.319 e. The molecule has 6 heteroatoms. The lowest BCUT2D eigenvalue weighted by Crippen LogP contribution is -2.28. The third-order valence-corrected chi connectivity index (χ3v) is 2.78. The number of methoxy groups -OCH3 is 1. The minimum Gasteiger partial charge on any atom is -0.468 e. The highest BCUT2D eigenvalue weighted by Gasteiger charge is 2.15. The van der Waals surface area contributed by atoms with Crippen molar-refractivity contribution in [2.24, 2.45) is 0 Å². The quantitative estimate of drug-likeness (QED) is 0.465. The summed E-state index contributed by atoms with van der Waals surface area (Å²) in [5, 5.41) is 13.8. The van der Waals surface area contributed by atoms with Crippen molar-refractivity contribution < 1.29 is 14.5 Å². The predicted molar refractivity (Wildman–Crippen MR) is 70.8 cm³/mol. The van der Waals surface area contributed by atoms with Crippen LogP contribution >= 0.6 is 0 Å². The average Bonchev–Trinajstić information content (AvgIpc) is 2.43. The molecule has 0 aliphatic heterocycles. The monoisotopic (exact) mass is 266 g/mol. The molecular formula is C13H18N2O4. The van der Waals surface area contributed by atoms with Crippen LogP contribution in [0.4, 0.5) is 5.69 Å². The van der Waals surface area contributed by atoms with Gasteiger partial charge in [-0.15, -0.1) is 0 Å². The highest BCUT2D eigenvalue weighted by molar-refractivity contribution is 5.71. The Labute approximate surface area is 111 Å². The average molecular weight is 266 g/mol. The summed E-state index contributed by atoms with van der Waals surface area (Å²) < 4.78 is 4.57. The Morgan fingerprint density at radius 1 is 1.53 bits per heavy atom. The second kappa shape index (κ2) is 7.48. The maximum absolute atomic E-state index is 11.1. The third kappa shape index (κ3) is 4.67. The molecule has 0 amide bonds. The van der Waals surface area contributed by atoms with E-state index < -0.39 is 4.92 Å². The normalized spacial score (nSPS) is 11.9. The number of non-ortho nitro benzene ring substituents is 1. The van der Waals surface area contributed by atoms with Crippen molar-refractivity contribution in [3.05, 3.63) is 39.9 Å². The van der Waals surface area contributed by atoms with Gasteiger partial charge in [0.1, 0.15) is 0 Å². The van der Waals surface area contributed by atoms with E-state index in [1.165, 1.54) is 19.2 Å². The molecule has 6 nitrogen and oxygen atoms in total. The standard InChI is InChI=1S/C13H18N2O4/c1-3-5-12(14-9-13(16)19-2)10-6-4-7-11(8-10)15(17)18/h4,6-8,12,14H,3,5,9H2,1-2H3. The molecule has 0 saturated carbocycles. The van der Waals surface area contributed by atoms with Crippen LogP contribution in [0.25, 0.3) is 0 Å². The molecule has 1 rings (SSSR count). The van der Waals surface area contributed by atoms with Crippen LogP contribution < -0.4 is 5.32 Å². The molecule has 0 aliphatic carbocycles.